The highest BCUT2D eigenvalue weighted by atomic mass is 32.2. The summed E-state index contributed by atoms with van der Waals surface area (Å²) in [4.78, 5) is 11.7. The molecule has 3 aromatic rings. The van der Waals surface area contributed by atoms with E-state index in [9.17, 15) is 9.18 Å². The highest BCUT2D eigenvalue weighted by molar-refractivity contribution is 8.00. The maximum absolute atomic E-state index is 13.1. The van der Waals surface area contributed by atoms with Gasteiger partial charge in [-0.2, -0.15) is 0 Å². The second kappa shape index (κ2) is 7.35. The van der Waals surface area contributed by atoms with Gasteiger partial charge >= 0.3 is 0 Å². The van der Waals surface area contributed by atoms with Gasteiger partial charge in [-0.05, 0) is 53.7 Å². The van der Waals surface area contributed by atoms with Gasteiger partial charge in [0.05, 0.1) is 7.11 Å². The summed E-state index contributed by atoms with van der Waals surface area (Å²) in [5.74, 6) is 0.0489. The van der Waals surface area contributed by atoms with E-state index >= 15 is 0 Å². The Hall–Kier alpha value is -2.87. The Morgan fingerprint density at radius 2 is 1.84 bits per heavy atom. The molecule has 0 saturated heterocycles. The van der Waals surface area contributed by atoms with E-state index in [0.29, 0.717) is 17.2 Å². The van der Waals surface area contributed by atoms with E-state index in [1.54, 1.807) is 31.4 Å². The molecule has 8 heteroatoms. The number of ether oxygens (including phenoxy) is 1. The lowest BCUT2D eigenvalue weighted by Gasteiger charge is -2.10. The van der Waals surface area contributed by atoms with Crippen molar-refractivity contribution in [1.82, 2.24) is 10.2 Å². The highest BCUT2D eigenvalue weighted by Gasteiger charge is 2.23. The lowest BCUT2D eigenvalue weighted by Crippen LogP contribution is -2.18. The van der Waals surface area contributed by atoms with Crippen molar-refractivity contribution in [2.45, 2.75) is 10.5 Å². The van der Waals surface area contributed by atoms with Crippen molar-refractivity contribution in [2.75, 3.05) is 7.11 Å². The van der Waals surface area contributed by atoms with Gasteiger partial charge in [-0.15, -0.1) is 10.2 Å². The van der Waals surface area contributed by atoms with Crippen LogP contribution in [-0.4, -0.2) is 23.2 Å². The lowest BCUT2D eigenvalue weighted by atomic mass is 10.1. The summed E-state index contributed by atoms with van der Waals surface area (Å²) in [6, 6.07) is 12.6. The van der Waals surface area contributed by atoms with Crippen LogP contribution >= 0.6 is 11.8 Å². The quantitative estimate of drug-likeness (QED) is 0.680. The summed E-state index contributed by atoms with van der Waals surface area (Å²) < 4.78 is 23.7. The Labute approximate surface area is 147 Å². The number of methoxy groups -OCH3 is 1. The van der Waals surface area contributed by atoms with E-state index in [0.717, 1.165) is 17.3 Å². The van der Waals surface area contributed by atoms with E-state index in [1.807, 2.05) is 0 Å². The van der Waals surface area contributed by atoms with Gasteiger partial charge in [0, 0.05) is 5.56 Å². The first-order valence-corrected chi connectivity index (χ1v) is 8.14. The number of thioether (sulfide) groups is 1. The molecule has 0 radical (unpaired) electrons. The van der Waals surface area contributed by atoms with Gasteiger partial charge in [0.1, 0.15) is 16.8 Å². The number of halogens is 1. The maximum Gasteiger partial charge on any atom is 0.277 e. The molecule has 0 aliphatic heterocycles. The largest absolute Gasteiger partial charge is 0.497 e. The molecule has 1 heterocycles. The van der Waals surface area contributed by atoms with Gasteiger partial charge in [-0.1, -0.05) is 12.1 Å². The third-order valence-electron chi connectivity index (χ3n) is 3.39. The lowest BCUT2D eigenvalue weighted by molar-refractivity contribution is -0.117. The summed E-state index contributed by atoms with van der Waals surface area (Å²) in [6.07, 6.45) is 0. The Bertz CT molecular complexity index is 866. The molecule has 1 amide bonds. The molecule has 6 nitrogen and oxygen atoms in total. The fourth-order valence-electron chi connectivity index (χ4n) is 2.14. The number of nitrogens with two attached hydrogens (primary N) is 1. The minimum Gasteiger partial charge on any atom is -0.497 e. The molecule has 0 bridgehead atoms. The molecule has 2 N–H and O–H groups in total. The van der Waals surface area contributed by atoms with Crippen molar-refractivity contribution in [2.24, 2.45) is 5.73 Å². The summed E-state index contributed by atoms with van der Waals surface area (Å²) in [7, 11) is 1.58. The van der Waals surface area contributed by atoms with E-state index in [-0.39, 0.29) is 5.22 Å². The first-order valence-electron chi connectivity index (χ1n) is 7.26. The zero-order valence-corrected chi connectivity index (χ0v) is 14.0. The van der Waals surface area contributed by atoms with E-state index < -0.39 is 17.0 Å². The van der Waals surface area contributed by atoms with Gasteiger partial charge in [0.2, 0.25) is 11.8 Å². The third kappa shape index (κ3) is 3.97. The van der Waals surface area contributed by atoms with Crippen molar-refractivity contribution >= 4 is 17.7 Å². The van der Waals surface area contributed by atoms with Crippen molar-refractivity contribution in [3.63, 3.8) is 0 Å². The van der Waals surface area contributed by atoms with Gasteiger partial charge < -0.3 is 14.9 Å². The van der Waals surface area contributed by atoms with Gasteiger partial charge in [0.25, 0.3) is 5.22 Å². The SMILES string of the molecule is COc1ccc(-c2nnc(SC(C(N)=O)c3ccc(F)cc3)o2)cc1. The van der Waals surface area contributed by atoms with E-state index in [2.05, 4.69) is 10.2 Å². The number of nitrogens with zero attached hydrogens (tertiary/aromatic N) is 2. The van der Waals surface area contributed by atoms with Crippen LogP contribution in [-0.2, 0) is 4.79 Å². The normalized spacial score (nSPS) is 11.9. The standard InChI is InChI=1S/C17H14FN3O3S/c1-23-13-8-4-11(5-9-13)16-20-21-17(24-16)25-14(15(19)22)10-2-6-12(18)7-3-10/h2-9,14H,1H3,(H2,19,22). The molecule has 2 aromatic carbocycles. The predicted molar refractivity (Wildman–Crippen MR) is 90.5 cm³/mol. The maximum atomic E-state index is 13.1. The van der Waals surface area contributed by atoms with Gasteiger partial charge in [0.15, 0.2) is 0 Å². The number of primary amides is 1. The summed E-state index contributed by atoms with van der Waals surface area (Å²) in [5.41, 5.74) is 6.73. The molecule has 25 heavy (non-hydrogen) atoms. The molecule has 0 fully saturated rings. The van der Waals surface area contributed by atoms with Crippen LogP contribution in [0, 0.1) is 5.82 Å². The predicted octanol–water partition coefficient (Wildman–Crippen LogP) is 3.20. The second-order valence-electron chi connectivity index (χ2n) is 5.05. The number of hydrogen-bond acceptors (Lipinski definition) is 6. The highest BCUT2D eigenvalue weighted by Crippen LogP contribution is 2.35. The van der Waals surface area contributed by atoms with Crippen molar-refractivity contribution in [3.8, 4) is 17.2 Å². The van der Waals surface area contributed by atoms with E-state index in [1.165, 1.54) is 24.3 Å². The summed E-state index contributed by atoms with van der Waals surface area (Å²) >= 11 is 1.02. The minimum absolute atomic E-state index is 0.193. The Kier molecular flexibility index (Phi) is 4.99. The van der Waals surface area contributed by atoms with Gasteiger partial charge in [-0.25, -0.2) is 4.39 Å². The van der Waals surface area contributed by atoms with Crippen molar-refractivity contribution in [1.29, 1.82) is 0 Å². The molecular formula is C17H14FN3O3S. The molecule has 0 aliphatic carbocycles. The summed E-state index contributed by atoms with van der Waals surface area (Å²) in [5, 5.41) is 7.34. The van der Waals surface area contributed by atoms with Crippen molar-refractivity contribution in [3.05, 3.63) is 59.9 Å². The number of benzene rings is 2. The molecule has 0 spiro atoms. The molecule has 3 rings (SSSR count). The second-order valence-corrected chi connectivity index (χ2v) is 6.11. The van der Waals surface area contributed by atoms with Crippen LogP contribution in [0.4, 0.5) is 4.39 Å². The number of rotatable bonds is 6. The monoisotopic (exact) mass is 359 g/mol. The molecule has 1 aromatic heterocycles. The minimum atomic E-state index is -0.759. The Morgan fingerprint density at radius 3 is 2.44 bits per heavy atom. The van der Waals surface area contributed by atoms with Crippen LogP contribution in [0.1, 0.15) is 10.8 Å². The number of aromatic nitrogens is 2. The van der Waals surface area contributed by atoms with Crippen LogP contribution in [0.15, 0.2) is 58.2 Å². The van der Waals surface area contributed by atoms with Crippen LogP contribution in [0.25, 0.3) is 11.5 Å². The summed E-state index contributed by atoms with van der Waals surface area (Å²) in [6.45, 7) is 0. The first-order chi connectivity index (χ1) is 12.1. The van der Waals surface area contributed by atoms with Crippen molar-refractivity contribution < 1.29 is 18.3 Å². The smallest absolute Gasteiger partial charge is 0.277 e. The number of carbonyl (C=O) groups is 1. The zero-order chi connectivity index (χ0) is 17.8. The number of carbonyl (C=O) groups excluding carboxylic acids is 1. The van der Waals surface area contributed by atoms with E-state index in [4.69, 9.17) is 14.9 Å². The third-order valence-corrected chi connectivity index (χ3v) is 4.50. The Morgan fingerprint density at radius 1 is 1.16 bits per heavy atom. The topological polar surface area (TPSA) is 91.2 Å². The van der Waals surface area contributed by atoms with Crippen LogP contribution in [0.2, 0.25) is 0 Å². The molecule has 1 unspecified atom stereocenters. The molecule has 1 atom stereocenters. The molecule has 0 aliphatic rings. The van der Waals surface area contributed by atoms with Gasteiger partial charge in [-0.3, -0.25) is 4.79 Å². The molecule has 128 valence electrons. The van der Waals surface area contributed by atoms with Crippen LogP contribution in [0.5, 0.6) is 5.75 Å². The fraction of sp³-hybridized carbons (Fsp3) is 0.118. The number of hydrogen-bond donors (Lipinski definition) is 1. The molecular weight excluding hydrogens is 345 g/mol. The zero-order valence-electron chi connectivity index (χ0n) is 13.2. The average Bonchev–Trinajstić information content (AvgIpc) is 3.09. The Balaban J connectivity index is 1.80. The number of amides is 1. The average molecular weight is 359 g/mol. The van der Waals surface area contributed by atoms with Crippen LogP contribution < -0.4 is 10.5 Å². The molecule has 0 saturated carbocycles. The van der Waals surface area contributed by atoms with Crippen LogP contribution in [0.3, 0.4) is 0 Å². The fourth-order valence-corrected chi connectivity index (χ4v) is 2.96. The first kappa shape index (κ1) is 17.0.